The van der Waals surface area contributed by atoms with E-state index in [1.807, 2.05) is 13.0 Å². The largest absolute Gasteiger partial charge is 0.435 e. The maximum Gasteiger partial charge on any atom is 0.392 e. The molecule has 208 valence electrons. The van der Waals surface area contributed by atoms with Crippen molar-refractivity contribution in [3.63, 3.8) is 0 Å². The van der Waals surface area contributed by atoms with Crippen LogP contribution in [0.2, 0.25) is 0 Å². The Morgan fingerprint density at radius 2 is 2.08 bits per heavy atom. The van der Waals surface area contributed by atoms with E-state index in [1.165, 1.54) is 12.1 Å². The van der Waals surface area contributed by atoms with Gasteiger partial charge in [-0.2, -0.15) is 18.4 Å². The molecular formula is C27H31F4N7O. The molecule has 0 unspecified atom stereocenters. The molecule has 2 aliphatic rings. The number of ether oxygens (including phenoxy) is 1. The molecule has 8 nitrogen and oxygen atoms in total. The predicted molar refractivity (Wildman–Crippen MR) is 142 cm³/mol. The molecule has 4 N–H and O–H groups in total. The highest BCUT2D eigenvalue weighted by atomic mass is 19.4. The molecule has 0 saturated heterocycles. The molecule has 39 heavy (non-hydrogen) atoms. The third kappa shape index (κ3) is 7.80. The average molecular weight is 546 g/mol. The van der Waals surface area contributed by atoms with Crippen LogP contribution in [0.15, 0.2) is 77.1 Å². The summed E-state index contributed by atoms with van der Waals surface area (Å²) in [4.78, 5) is 5.87. The molecule has 3 rings (SSSR count). The molecule has 2 aliphatic heterocycles. The maximum absolute atomic E-state index is 15.0. The third-order valence-corrected chi connectivity index (χ3v) is 5.82. The Morgan fingerprint density at radius 1 is 1.33 bits per heavy atom. The van der Waals surface area contributed by atoms with E-state index in [9.17, 15) is 18.4 Å². The number of nitrogens with one attached hydrogen (secondary N) is 4. The van der Waals surface area contributed by atoms with Gasteiger partial charge in [-0.25, -0.2) is 9.38 Å². The van der Waals surface area contributed by atoms with Crippen molar-refractivity contribution in [2.75, 3.05) is 18.7 Å². The van der Waals surface area contributed by atoms with Crippen LogP contribution in [-0.4, -0.2) is 36.4 Å². The number of aliphatic imine (C=N–C) groups is 1. The van der Waals surface area contributed by atoms with Crippen LogP contribution in [0.3, 0.4) is 0 Å². The lowest BCUT2D eigenvalue weighted by atomic mass is 10.1. The molecule has 0 aliphatic carbocycles. The summed E-state index contributed by atoms with van der Waals surface area (Å²) in [7, 11) is 0. The van der Waals surface area contributed by atoms with Gasteiger partial charge in [0.2, 0.25) is 5.90 Å². The molecule has 0 bridgehead atoms. The first-order valence-corrected chi connectivity index (χ1v) is 12.1. The summed E-state index contributed by atoms with van der Waals surface area (Å²) in [6, 6.07) is 4.50. The van der Waals surface area contributed by atoms with Crippen LogP contribution < -0.4 is 26.0 Å². The van der Waals surface area contributed by atoms with Crippen molar-refractivity contribution in [3.05, 3.63) is 83.5 Å². The van der Waals surface area contributed by atoms with E-state index < -0.39 is 24.5 Å². The smallest absolute Gasteiger partial charge is 0.392 e. The molecule has 0 spiro atoms. The summed E-state index contributed by atoms with van der Waals surface area (Å²) in [5.41, 5.74) is 2.70. The first-order valence-electron chi connectivity index (χ1n) is 12.1. The van der Waals surface area contributed by atoms with Gasteiger partial charge in [0, 0.05) is 41.0 Å². The van der Waals surface area contributed by atoms with Gasteiger partial charge in [-0.3, -0.25) is 0 Å². The van der Waals surface area contributed by atoms with E-state index >= 15 is 4.39 Å². The number of nitrogens with zero attached hydrogens (tertiary/aromatic N) is 3. The van der Waals surface area contributed by atoms with Crippen molar-refractivity contribution >= 4 is 11.6 Å². The normalized spacial score (nSPS) is 16.4. The zero-order valence-electron chi connectivity index (χ0n) is 22.0. The summed E-state index contributed by atoms with van der Waals surface area (Å²) < 4.78 is 59.7. The lowest BCUT2D eigenvalue weighted by Gasteiger charge is -2.27. The summed E-state index contributed by atoms with van der Waals surface area (Å²) in [5, 5.41) is 22.0. The zero-order valence-corrected chi connectivity index (χ0v) is 22.0. The molecule has 0 amide bonds. The van der Waals surface area contributed by atoms with Gasteiger partial charge in [-0.1, -0.05) is 18.7 Å². The quantitative estimate of drug-likeness (QED) is 0.236. The van der Waals surface area contributed by atoms with Gasteiger partial charge in [0.05, 0.1) is 19.1 Å². The van der Waals surface area contributed by atoms with Crippen LogP contribution in [0.25, 0.3) is 0 Å². The summed E-state index contributed by atoms with van der Waals surface area (Å²) >= 11 is 0. The molecule has 0 fully saturated rings. The van der Waals surface area contributed by atoms with Crippen LogP contribution in [0.1, 0.15) is 32.3 Å². The molecular weight excluding hydrogens is 514 g/mol. The van der Waals surface area contributed by atoms with Gasteiger partial charge in [0.1, 0.15) is 18.6 Å². The SMILES string of the molecule is C=C[C@@H](C/C(=C\CC(F)(F)F)N1C=C(C)NC1)NC1=C(C#N)C(Oc2ccc(NC(=C)C)c(C)c2F)=NCN1. The molecule has 0 aromatic heterocycles. The fourth-order valence-electron chi connectivity index (χ4n) is 3.86. The highest BCUT2D eigenvalue weighted by Gasteiger charge is 2.28. The number of benzene rings is 1. The Balaban J connectivity index is 1.83. The van der Waals surface area contributed by atoms with Crippen LogP contribution in [0.4, 0.5) is 23.2 Å². The van der Waals surface area contributed by atoms with E-state index in [4.69, 9.17) is 4.74 Å². The van der Waals surface area contributed by atoms with Gasteiger partial charge in [-0.15, -0.1) is 6.58 Å². The third-order valence-electron chi connectivity index (χ3n) is 5.82. The Bertz CT molecular complexity index is 1290. The second kappa shape index (κ2) is 12.4. The standard InChI is InChI=1S/C27H31F4N7O/c1-6-19(11-20(9-10-27(29,30)31)38-13-17(4)35-15-38)37-25-21(12-32)26(34-14-33-25)39-23-8-7-22(36-16(2)3)18(5)24(23)28/h6-9,13,19,33,35-37H,1-2,10-11,14-15H2,3-5H3/b20-9+/t19-/m0/s1. The first kappa shape index (κ1) is 29.2. The number of allylic oxidation sites excluding steroid dienone is 3. The van der Waals surface area contributed by atoms with E-state index in [0.29, 0.717) is 29.3 Å². The van der Waals surface area contributed by atoms with Gasteiger partial charge in [0.25, 0.3) is 0 Å². The van der Waals surface area contributed by atoms with Gasteiger partial charge in [0.15, 0.2) is 17.1 Å². The zero-order chi connectivity index (χ0) is 28.7. The van der Waals surface area contributed by atoms with Crippen molar-refractivity contribution in [2.24, 2.45) is 4.99 Å². The Labute approximate surface area is 225 Å². The number of hydrogen-bond donors (Lipinski definition) is 4. The minimum absolute atomic E-state index is 0.0197. The fourth-order valence-corrected chi connectivity index (χ4v) is 3.86. The van der Waals surface area contributed by atoms with E-state index in [1.54, 1.807) is 31.0 Å². The maximum atomic E-state index is 15.0. The van der Waals surface area contributed by atoms with Crippen molar-refractivity contribution < 1.29 is 22.3 Å². The lowest BCUT2D eigenvalue weighted by Crippen LogP contribution is -2.40. The van der Waals surface area contributed by atoms with Crippen LogP contribution in [0.5, 0.6) is 5.75 Å². The van der Waals surface area contributed by atoms with Crippen molar-refractivity contribution in [3.8, 4) is 11.8 Å². The number of hydrogen-bond acceptors (Lipinski definition) is 8. The minimum atomic E-state index is -4.36. The monoisotopic (exact) mass is 545 g/mol. The first-order chi connectivity index (χ1) is 18.4. The molecule has 0 radical (unpaired) electrons. The summed E-state index contributed by atoms with van der Waals surface area (Å²) in [6.45, 7) is 13.1. The highest BCUT2D eigenvalue weighted by molar-refractivity contribution is 6.00. The minimum Gasteiger partial charge on any atom is -0.435 e. The molecule has 12 heteroatoms. The number of halogens is 4. The summed E-state index contributed by atoms with van der Waals surface area (Å²) in [6.07, 6.45) is -0.897. The Morgan fingerprint density at radius 3 is 2.67 bits per heavy atom. The molecule has 0 saturated carbocycles. The second-order valence-electron chi connectivity index (χ2n) is 9.04. The highest BCUT2D eigenvalue weighted by Crippen LogP contribution is 2.29. The molecule has 1 aromatic carbocycles. The van der Waals surface area contributed by atoms with Gasteiger partial charge < -0.3 is 30.9 Å². The number of anilines is 1. The Kier molecular flexibility index (Phi) is 9.29. The fraction of sp³-hybridized carbons (Fsp3) is 0.333. The number of nitriles is 1. The van der Waals surface area contributed by atoms with E-state index in [-0.39, 0.29) is 36.1 Å². The Hall–Kier alpha value is -4.40. The van der Waals surface area contributed by atoms with Crippen molar-refractivity contribution in [1.29, 1.82) is 5.26 Å². The van der Waals surface area contributed by atoms with Crippen molar-refractivity contribution in [2.45, 2.75) is 45.8 Å². The van der Waals surface area contributed by atoms with E-state index in [2.05, 4.69) is 39.4 Å². The van der Waals surface area contributed by atoms with Crippen molar-refractivity contribution in [1.82, 2.24) is 20.9 Å². The summed E-state index contributed by atoms with van der Waals surface area (Å²) in [5.74, 6) is -0.601. The van der Waals surface area contributed by atoms with Crippen LogP contribution in [0, 0.1) is 24.1 Å². The number of rotatable bonds is 10. The number of alkyl halides is 3. The van der Waals surface area contributed by atoms with Crippen LogP contribution in [-0.2, 0) is 0 Å². The topological polar surface area (TPSA) is 96.7 Å². The molecule has 1 aromatic rings. The molecule has 1 atom stereocenters. The van der Waals surface area contributed by atoms with E-state index in [0.717, 1.165) is 11.8 Å². The second-order valence-corrected chi connectivity index (χ2v) is 9.04. The van der Waals surface area contributed by atoms with Crippen LogP contribution >= 0.6 is 0 Å². The predicted octanol–water partition coefficient (Wildman–Crippen LogP) is 5.25. The molecule has 2 heterocycles. The lowest BCUT2D eigenvalue weighted by molar-refractivity contribution is -0.125. The van der Waals surface area contributed by atoms with Gasteiger partial charge >= 0.3 is 6.18 Å². The van der Waals surface area contributed by atoms with Gasteiger partial charge in [-0.05, 0) is 32.9 Å². The average Bonchev–Trinajstić information content (AvgIpc) is 3.30.